The molecule has 0 atom stereocenters. The zero-order valence-electron chi connectivity index (χ0n) is 36.8. The molecule has 0 aromatic heterocycles. The quantitative estimate of drug-likeness (QED) is 0.0841. The zero-order chi connectivity index (χ0) is 40.1. The molecule has 300 valence electrons. The lowest BCUT2D eigenvalue weighted by atomic mass is 10.1. The van der Waals surface area contributed by atoms with E-state index in [2.05, 4.69) is 138 Å². The first-order valence-electron chi connectivity index (χ1n) is 20.6. The minimum Gasteiger partial charge on any atom is -0.489 e. The standard InChI is InChI=1S/C51H78O3/c1-40(2)19-13-22-43(7)25-16-28-46(10)31-34-52-49-37-50(53-35-32-47(11)29-17-26-44(8)23-14-20-41(3)4)39-51(38-49)54-36-33-48(12)30-18-27-45(9)24-15-21-42(5)6/h19-21,25-27,31-33,37-39H,13-18,22-24,28-30,34-36H2,1-12H3/b43-25+,44-26+,45-27+,46-31+,47-32+,48-33+. The van der Waals surface area contributed by atoms with Crippen molar-refractivity contribution < 1.29 is 14.2 Å². The topological polar surface area (TPSA) is 27.7 Å². The summed E-state index contributed by atoms with van der Waals surface area (Å²) in [6, 6.07) is 5.93. The Bertz CT molecular complexity index is 1310. The van der Waals surface area contributed by atoms with Gasteiger partial charge < -0.3 is 14.2 Å². The Hall–Kier alpha value is -3.72. The molecule has 0 bridgehead atoms. The summed E-state index contributed by atoms with van der Waals surface area (Å²) in [7, 11) is 0. The summed E-state index contributed by atoms with van der Waals surface area (Å²) in [5.74, 6) is 2.27. The molecule has 0 saturated carbocycles. The maximum Gasteiger partial charge on any atom is 0.127 e. The van der Waals surface area contributed by atoms with E-state index in [1.807, 2.05) is 18.2 Å². The fraction of sp³-hybridized carbons (Fsp3) is 0.529. The van der Waals surface area contributed by atoms with Gasteiger partial charge in [0.2, 0.25) is 0 Å². The Morgan fingerprint density at radius 3 is 0.741 bits per heavy atom. The number of ether oxygens (including phenoxy) is 3. The summed E-state index contributed by atoms with van der Waals surface area (Å²) in [5.41, 5.74) is 12.6. The average Bonchev–Trinajstić information content (AvgIpc) is 3.08. The van der Waals surface area contributed by atoms with Crippen molar-refractivity contribution >= 4 is 0 Å². The van der Waals surface area contributed by atoms with Crippen molar-refractivity contribution in [3.63, 3.8) is 0 Å². The van der Waals surface area contributed by atoms with Gasteiger partial charge in [-0.05, 0) is 178 Å². The molecule has 0 aliphatic carbocycles. The molecular weight excluding hydrogens is 661 g/mol. The van der Waals surface area contributed by atoms with E-state index in [0.29, 0.717) is 19.8 Å². The van der Waals surface area contributed by atoms with Gasteiger partial charge in [0.25, 0.3) is 0 Å². The molecule has 0 spiro atoms. The van der Waals surface area contributed by atoms with Crippen LogP contribution in [-0.2, 0) is 0 Å². The van der Waals surface area contributed by atoms with Gasteiger partial charge in [0.15, 0.2) is 0 Å². The van der Waals surface area contributed by atoms with Crippen molar-refractivity contribution in [3.8, 4) is 17.2 Å². The first-order valence-corrected chi connectivity index (χ1v) is 20.6. The summed E-state index contributed by atoms with van der Waals surface area (Å²) < 4.78 is 18.7. The first kappa shape index (κ1) is 48.3. The normalized spacial score (nSPS) is 13.1. The van der Waals surface area contributed by atoms with Crippen LogP contribution >= 0.6 is 0 Å². The smallest absolute Gasteiger partial charge is 0.127 e. The molecular formula is C51H78O3. The Balaban J connectivity index is 2.87. The Kier molecular flexibility index (Phi) is 26.5. The second-order valence-corrected chi connectivity index (χ2v) is 16.0. The predicted molar refractivity (Wildman–Crippen MR) is 239 cm³/mol. The number of hydrogen-bond donors (Lipinski definition) is 0. The van der Waals surface area contributed by atoms with Crippen molar-refractivity contribution in [2.45, 2.75) is 160 Å². The summed E-state index contributed by atoms with van der Waals surface area (Å²) in [5, 5.41) is 0. The molecule has 1 rings (SSSR count). The third kappa shape index (κ3) is 27.8. The first-order chi connectivity index (χ1) is 25.7. The summed E-state index contributed by atoms with van der Waals surface area (Å²) in [6.07, 6.45) is 33.7. The van der Waals surface area contributed by atoms with Crippen LogP contribution in [0.15, 0.2) is 123 Å². The largest absolute Gasteiger partial charge is 0.489 e. The minimum absolute atomic E-state index is 0.512. The zero-order valence-corrected chi connectivity index (χ0v) is 36.8. The van der Waals surface area contributed by atoms with Crippen LogP contribution < -0.4 is 14.2 Å². The van der Waals surface area contributed by atoms with Gasteiger partial charge in [-0.15, -0.1) is 0 Å². The number of allylic oxidation sites excluding steroid dienone is 15. The highest BCUT2D eigenvalue weighted by Gasteiger charge is 2.05. The number of benzene rings is 1. The lowest BCUT2D eigenvalue weighted by Gasteiger charge is -2.12. The number of rotatable bonds is 27. The van der Waals surface area contributed by atoms with Gasteiger partial charge in [0, 0.05) is 18.2 Å². The molecule has 0 radical (unpaired) electrons. The van der Waals surface area contributed by atoms with Crippen molar-refractivity contribution in [2.24, 2.45) is 0 Å². The summed E-state index contributed by atoms with van der Waals surface area (Å²) in [4.78, 5) is 0. The maximum atomic E-state index is 6.24. The van der Waals surface area contributed by atoms with Gasteiger partial charge in [0.1, 0.15) is 37.1 Å². The monoisotopic (exact) mass is 739 g/mol. The molecule has 3 nitrogen and oxygen atoms in total. The minimum atomic E-state index is 0.512. The van der Waals surface area contributed by atoms with E-state index in [4.69, 9.17) is 14.2 Å². The van der Waals surface area contributed by atoms with Crippen LogP contribution in [-0.4, -0.2) is 19.8 Å². The van der Waals surface area contributed by atoms with Crippen LogP contribution in [0.3, 0.4) is 0 Å². The highest BCUT2D eigenvalue weighted by Crippen LogP contribution is 2.29. The molecule has 0 unspecified atom stereocenters. The van der Waals surface area contributed by atoms with Crippen LogP contribution in [0.2, 0.25) is 0 Å². The second-order valence-electron chi connectivity index (χ2n) is 16.0. The Morgan fingerprint density at radius 2 is 0.519 bits per heavy atom. The highest BCUT2D eigenvalue weighted by atomic mass is 16.5. The van der Waals surface area contributed by atoms with Crippen LogP contribution in [0.4, 0.5) is 0 Å². The predicted octanol–water partition coefficient (Wildman–Crippen LogP) is 16.1. The fourth-order valence-electron chi connectivity index (χ4n) is 5.65. The van der Waals surface area contributed by atoms with Gasteiger partial charge in [-0.3, -0.25) is 0 Å². The van der Waals surface area contributed by atoms with E-state index in [9.17, 15) is 0 Å². The lowest BCUT2D eigenvalue weighted by Crippen LogP contribution is -2.01. The molecule has 0 N–H and O–H groups in total. The van der Waals surface area contributed by atoms with Crippen molar-refractivity contribution in [3.05, 3.63) is 123 Å². The highest BCUT2D eigenvalue weighted by molar-refractivity contribution is 5.42. The molecule has 1 aromatic rings. The van der Waals surface area contributed by atoms with E-state index >= 15 is 0 Å². The van der Waals surface area contributed by atoms with E-state index in [1.165, 1.54) is 50.2 Å². The molecule has 3 heteroatoms. The molecule has 1 aromatic carbocycles. The van der Waals surface area contributed by atoms with Gasteiger partial charge in [-0.2, -0.15) is 0 Å². The molecule has 0 amide bonds. The fourth-order valence-corrected chi connectivity index (χ4v) is 5.65. The molecule has 0 aliphatic rings. The second kappa shape index (κ2) is 29.6. The molecule has 54 heavy (non-hydrogen) atoms. The molecule has 0 fully saturated rings. The molecule has 0 aliphatic heterocycles. The Morgan fingerprint density at radius 1 is 0.315 bits per heavy atom. The van der Waals surface area contributed by atoms with E-state index < -0.39 is 0 Å². The lowest BCUT2D eigenvalue weighted by molar-refractivity contribution is 0.326. The molecule has 0 saturated heterocycles. The van der Waals surface area contributed by atoms with Crippen molar-refractivity contribution in [1.82, 2.24) is 0 Å². The van der Waals surface area contributed by atoms with Gasteiger partial charge in [-0.1, -0.05) is 86.6 Å². The van der Waals surface area contributed by atoms with Crippen molar-refractivity contribution in [1.29, 1.82) is 0 Å². The van der Waals surface area contributed by atoms with E-state index in [1.54, 1.807) is 0 Å². The average molecular weight is 739 g/mol. The third-order valence-electron chi connectivity index (χ3n) is 9.27. The van der Waals surface area contributed by atoms with Crippen LogP contribution in [0, 0.1) is 0 Å². The van der Waals surface area contributed by atoms with Gasteiger partial charge >= 0.3 is 0 Å². The van der Waals surface area contributed by atoms with Crippen molar-refractivity contribution in [2.75, 3.05) is 19.8 Å². The van der Waals surface area contributed by atoms with Crippen LogP contribution in [0.1, 0.15) is 160 Å². The van der Waals surface area contributed by atoms with E-state index in [0.717, 1.165) is 94.3 Å². The SMILES string of the molecule is CC(C)=CCC/C(C)=C/CC/C(C)=C/COc1cc(OC/C=C(\C)CC/C=C(\C)CCC=C(C)C)cc(OC/C=C(\C)CC/C=C(\C)CCC=C(C)C)c1. The van der Waals surface area contributed by atoms with E-state index in [-0.39, 0.29) is 0 Å². The molecule has 0 heterocycles. The van der Waals surface area contributed by atoms with Gasteiger partial charge in [-0.25, -0.2) is 0 Å². The van der Waals surface area contributed by atoms with Crippen LogP contribution in [0.5, 0.6) is 17.2 Å². The Labute approximate surface area is 333 Å². The third-order valence-corrected chi connectivity index (χ3v) is 9.27. The van der Waals surface area contributed by atoms with Crippen LogP contribution in [0.25, 0.3) is 0 Å². The van der Waals surface area contributed by atoms with Gasteiger partial charge in [0.05, 0.1) is 0 Å². The summed E-state index contributed by atoms with van der Waals surface area (Å²) >= 11 is 0. The maximum absolute atomic E-state index is 6.24. The summed E-state index contributed by atoms with van der Waals surface area (Å²) in [6.45, 7) is 27.8. The number of hydrogen-bond acceptors (Lipinski definition) is 3.